The maximum atomic E-state index is 13.1. The number of para-hydroxylation sites is 1. The molecule has 5 nitrogen and oxygen atoms in total. The van der Waals surface area contributed by atoms with Crippen LogP contribution in [0.1, 0.15) is 65.3 Å². The first-order valence-corrected chi connectivity index (χ1v) is 11.5. The number of benzene rings is 1. The Kier molecular flexibility index (Phi) is 7.53. The lowest BCUT2D eigenvalue weighted by Gasteiger charge is -2.20. The predicted molar refractivity (Wildman–Crippen MR) is 121 cm³/mol. The molecule has 1 aromatic heterocycles. The Labute approximate surface area is 177 Å². The van der Waals surface area contributed by atoms with Crippen LogP contribution in [0.25, 0.3) is 10.9 Å². The van der Waals surface area contributed by atoms with E-state index in [1.54, 1.807) is 4.57 Å². The van der Waals surface area contributed by atoms with E-state index in [1.807, 2.05) is 38.1 Å². The summed E-state index contributed by atoms with van der Waals surface area (Å²) in [6.45, 7) is 6.61. The highest BCUT2D eigenvalue weighted by atomic mass is 32.2. The van der Waals surface area contributed by atoms with Crippen molar-refractivity contribution in [2.75, 3.05) is 6.54 Å². The van der Waals surface area contributed by atoms with Gasteiger partial charge in [0.05, 0.1) is 16.2 Å². The van der Waals surface area contributed by atoms with Crippen LogP contribution in [0.3, 0.4) is 0 Å². The van der Waals surface area contributed by atoms with Crippen molar-refractivity contribution >= 4 is 28.6 Å². The van der Waals surface area contributed by atoms with Gasteiger partial charge in [0.15, 0.2) is 5.16 Å². The average Bonchev–Trinajstić information content (AvgIpc) is 2.74. The summed E-state index contributed by atoms with van der Waals surface area (Å²) in [6, 6.07) is 7.43. The highest BCUT2D eigenvalue weighted by Gasteiger charge is 2.21. The second-order valence-corrected chi connectivity index (χ2v) is 9.06. The first-order valence-electron chi connectivity index (χ1n) is 10.6. The molecule has 0 saturated heterocycles. The van der Waals surface area contributed by atoms with Crippen molar-refractivity contribution in [2.24, 2.45) is 0 Å². The van der Waals surface area contributed by atoms with Crippen molar-refractivity contribution in [3.8, 4) is 0 Å². The van der Waals surface area contributed by atoms with E-state index in [9.17, 15) is 9.59 Å². The standard InChI is InChI=1S/C23H31N3O2S/c1-4-16(2)26-22(28)19-12-8-9-13-20(19)25-23(26)29-17(3)21(27)24-15-14-18-10-6-5-7-11-18/h8-10,12-13,16-17H,4-7,11,14-15H2,1-3H3,(H,24,27)/t16-,17-/m1/s1. The minimum atomic E-state index is -0.321. The number of nitrogens with one attached hydrogen (secondary N) is 1. The SMILES string of the molecule is CC[C@@H](C)n1c(S[C@H](C)C(=O)NCCC2=CCCCC2)nc2ccccc2c1=O. The van der Waals surface area contributed by atoms with Gasteiger partial charge in [-0.3, -0.25) is 14.2 Å². The number of carbonyl (C=O) groups excluding carboxylic acids is 1. The molecule has 1 aliphatic rings. The van der Waals surface area contributed by atoms with Crippen molar-refractivity contribution in [1.29, 1.82) is 0 Å². The maximum Gasteiger partial charge on any atom is 0.262 e. The molecule has 0 unspecified atom stereocenters. The van der Waals surface area contributed by atoms with Gasteiger partial charge in [0.25, 0.3) is 5.56 Å². The molecule has 1 heterocycles. The van der Waals surface area contributed by atoms with Gasteiger partial charge in [0.1, 0.15) is 0 Å². The second kappa shape index (κ2) is 10.1. The van der Waals surface area contributed by atoms with Gasteiger partial charge in [-0.05, 0) is 64.5 Å². The van der Waals surface area contributed by atoms with Crippen LogP contribution in [0.15, 0.2) is 45.9 Å². The van der Waals surface area contributed by atoms with Crippen LogP contribution in [0, 0.1) is 0 Å². The normalized spacial score (nSPS) is 16.3. The van der Waals surface area contributed by atoms with Gasteiger partial charge in [0.2, 0.25) is 5.91 Å². The molecule has 1 aliphatic carbocycles. The summed E-state index contributed by atoms with van der Waals surface area (Å²) < 4.78 is 1.74. The summed E-state index contributed by atoms with van der Waals surface area (Å²) in [5.41, 5.74) is 2.10. The highest BCUT2D eigenvalue weighted by molar-refractivity contribution is 8.00. The lowest BCUT2D eigenvalue weighted by atomic mass is 9.97. The molecule has 29 heavy (non-hydrogen) atoms. The summed E-state index contributed by atoms with van der Waals surface area (Å²) in [7, 11) is 0. The van der Waals surface area contributed by atoms with E-state index < -0.39 is 0 Å². The summed E-state index contributed by atoms with van der Waals surface area (Å²) in [4.78, 5) is 30.4. The Hall–Kier alpha value is -2.08. The summed E-state index contributed by atoms with van der Waals surface area (Å²) >= 11 is 1.36. The van der Waals surface area contributed by atoms with Crippen molar-refractivity contribution in [3.63, 3.8) is 0 Å². The molecule has 3 rings (SSSR count). The first-order chi connectivity index (χ1) is 14.0. The number of amides is 1. The Balaban J connectivity index is 1.73. The van der Waals surface area contributed by atoms with Crippen molar-refractivity contribution in [1.82, 2.24) is 14.9 Å². The maximum absolute atomic E-state index is 13.1. The third kappa shape index (κ3) is 5.30. The van der Waals surface area contributed by atoms with E-state index >= 15 is 0 Å². The number of rotatable bonds is 8. The number of thioether (sulfide) groups is 1. The second-order valence-electron chi connectivity index (χ2n) is 7.75. The highest BCUT2D eigenvalue weighted by Crippen LogP contribution is 2.26. The fraction of sp³-hybridized carbons (Fsp3) is 0.522. The number of aromatic nitrogens is 2. The summed E-state index contributed by atoms with van der Waals surface area (Å²) in [6.07, 6.45) is 8.92. The molecule has 0 spiro atoms. The largest absolute Gasteiger partial charge is 0.355 e. The average molecular weight is 414 g/mol. The lowest BCUT2D eigenvalue weighted by Crippen LogP contribution is -2.33. The summed E-state index contributed by atoms with van der Waals surface area (Å²) in [5.74, 6) is -0.00971. The van der Waals surface area contributed by atoms with Gasteiger partial charge in [-0.1, -0.05) is 42.5 Å². The molecule has 0 fully saturated rings. The molecule has 0 aliphatic heterocycles. The number of fused-ring (bicyclic) bond motifs is 1. The lowest BCUT2D eigenvalue weighted by molar-refractivity contribution is -0.120. The van der Waals surface area contributed by atoms with E-state index in [2.05, 4.69) is 18.3 Å². The zero-order chi connectivity index (χ0) is 20.8. The van der Waals surface area contributed by atoms with Gasteiger partial charge in [-0.2, -0.15) is 0 Å². The smallest absolute Gasteiger partial charge is 0.262 e. The fourth-order valence-electron chi connectivity index (χ4n) is 3.61. The third-order valence-corrected chi connectivity index (χ3v) is 6.66. The molecule has 1 aromatic carbocycles. The van der Waals surface area contributed by atoms with Crippen LogP contribution < -0.4 is 10.9 Å². The Morgan fingerprint density at radius 1 is 1.28 bits per heavy atom. The van der Waals surface area contributed by atoms with E-state index in [0.717, 1.165) is 25.7 Å². The fourth-order valence-corrected chi connectivity index (χ4v) is 4.65. The van der Waals surface area contributed by atoms with Gasteiger partial charge >= 0.3 is 0 Å². The Morgan fingerprint density at radius 3 is 2.79 bits per heavy atom. The monoisotopic (exact) mass is 413 g/mol. The third-order valence-electron chi connectivity index (χ3n) is 5.59. The van der Waals surface area contributed by atoms with E-state index in [-0.39, 0.29) is 22.8 Å². The number of hydrogen-bond donors (Lipinski definition) is 1. The molecule has 0 saturated carbocycles. The molecular weight excluding hydrogens is 382 g/mol. The van der Waals surface area contributed by atoms with Crippen LogP contribution in [-0.4, -0.2) is 27.3 Å². The molecule has 1 N–H and O–H groups in total. The van der Waals surface area contributed by atoms with Gasteiger partial charge in [0, 0.05) is 12.6 Å². The Morgan fingerprint density at radius 2 is 2.07 bits per heavy atom. The minimum absolute atomic E-state index is 0.00971. The van der Waals surface area contributed by atoms with Gasteiger partial charge < -0.3 is 5.32 Å². The van der Waals surface area contributed by atoms with E-state index in [0.29, 0.717) is 22.6 Å². The summed E-state index contributed by atoms with van der Waals surface area (Å²) in [5, 5.41) is 3.96. The molecule has 0 radical (unpaired) electrons. The van der Waals surface area contributed by atoms with Crippen molar-refractivity contribution < 1.29 is 4.79 Å². The Bertz CT molecular complexity index is 951. The molecule has 6 heteroatoms. The predicted octanol–water partition coefficient (Wildman–Crippen LogP) is 4.85. The van der Waals surface area contributed by atoms with Crippen LogP contribution in [0.2, 0.25) is 0 Å². The topological polar surface area (TPSA) is 64.0 Å². The molecular formula is C23H31N3O2S. The van der Waals surface area contributed by atoms with Gasteiger partial charge in [-0.25, -0.2) is 4.98 Å². The number of hydrogen-bond acceptors (Lipinski definition) is 4. The van der Waals surface area contributed by atoms with Crippen molar-refractivity contribution in [3.05, 3.63) is 46.3 Å². The molecule has 2 aromatic rings. The molecule has 2 atom stereocenters. The minimum Gasteiger partial charge on any atom is -0.355 e. The van der Waals surface area contributed by atoms with Gasteiger partial charge in [-0.15, -0.1) is 0 Å². The zero-order valence-corrected chi connectivity index (χ0v) is 18.4. The zero-order valence-electron chi connectivity index (χ0n) is 17.6. The van der Waals surface area contributed by atoms with E-state index in [1.165, 1.54) is 30.2 Å². The van der Waals surface area contributed by atoms with E-state index in [4.69, 9.17) is 4.98 Å². The number of nitrogens with zero attached hydrogens (tertiary/aromatic N) is 2. The molecule has 156 valence electrons. The quantitative estimate of drug-likeness (QED) is 0.381. The van der Waals surface area contributed by atoms with Crippen LogP contribution in [0.5, 0.6) is 0 Å². The molecule has 0 bridgehead atoms. The first kappa shape index (κ1) is 21.6. The number of carbonyl (C=O) groups is 1. The van der Waals surface area contributed by atoms with Crippen LogP contribution in [0.4, 0.5) is 0 Å². The number of allylic oxidation sites excluding steroid dienone is 1. The van der Waals surface area contributed by atoms with Crippen LogP contribution in [-0.2, 0) is 4.79 Å². The van der Waals surface area contributed by atoms with Crippen LogP contribution >= 0.6 is 11.8 Å². The molecule has 1 amide bonds. The van der Waals surface area contributed by atoms with Crippen molar-refractivity contribution in [2.45, 2.75) is 75.7 Å².